The van der Waals surface area contributed by atoms with Crippen LogP contribution in [0, 0.1) is 12.8 Å². The number of carbonyl (C=O) groups excluding carboxylic acids is 1. The number of hydrogen-bond donors (Lipinski definition) is 2. The third-order valence-corrected chi connectivity index (χ3v) is 3.06. The molecule has 0 spiro atoms. The minimum atomic E-state index is 0.0445. The Morgan fingerprint density at radius 3 is 2.78 bits per heavy atom. The molecule has 100 valence electrons. The molecular weight excluding hydrogens is 226 g/mol. The Balaban J connectivity index is 2.42. The fourth-order valence-electron chi connectivity index (χ4n) is 1.96. The molecule has 18 heavy (non-hydrogen) atoms. The van der Waals surface area contributed by atoms with Crippen molar-refractivity contribution in [1.82, 2.24) is 5.32 Å². The van der Waals surface area contributed by atoms with E-state index in [-0.39, 0.29) is 11.7 Å². The summed E-state index contributed by atoms with van der Waals surface area (Å²) in [6, 6.07) is 5.28. The van der Waals surface area contributed by atoms with E-state index in [0.29, 0.717) is 12.3 Å². The van der Waals surface area contributed by atoms with E-state index < -0.39 is 0 Å². The molecule has 1 atom stereocenters. The quantitative estimate of drug-likeness (QED) is 0.814. The summed E-state index contributed by atoms with van der Waals surface area (Å²) in [4.78, 5) is 11.7. The van der Waals surface area contributed by atoms with E-state index in [1.165, 1.54) is 0 Å². The number of amides is 1. The molecule has 1 amide bonds. The number of carbonyl (C=O) groups is 1. The van der Waals surface area contributed by atoms with E-state index in [1.54, 1.807) is 12.1 Å². The number of nitrogens with one attached hydrogen (secondary N) is 1. The molecular formula is C15H23NO2. The van der Waals surface area contributed by atoms with E-state index >= 15 is 0 Å². The Kier molecular flexibility index (Phi) is 5.69. The molecule has 0 aliphatic heterocycles. The molecule has 1 aromatic carbocycles. The van der Waals surface area contributed by atoms with Crippen LogP contribution in [0.1, 0.15) is 37.8 Å². The van der Waals surface area contributed by atoms with E-state index in [9.17, 15) is 9.90 Å². The van der Waals surface area contributed by atoms with Gasteiger partial charge in [0.2, 0.25) is 5.91 Å². The van der Waals surface area contributed by atoms with Crippen LogP contribution in [0.15, 0.2) is 18.2 Å². The van der Waals surface area contributed by atoms with Gasteiger partial charge in [-0.25, -0.2) is 0 Å². The fourth-order valence-corrected chi connectivity index (χ4v) is 1.96. The average Bonchev–Trinajstić information content (AvgIpc) is 2.32. The van der Waals surface area contributed by atoms with Gasteiger partial charge in [-0.05, 0) is 36.5 Å². The molecule has 1 unspecified atom stereocenters. The third-order valence-electron chi connectivity index (χ3n) is 3.06. The average molecular weight is 249 g/mol. The molecule has 0 saturated heterocycles. The Morgan fingerprint density at radius 1 is 1.44 bits per heavy atom. The van der Waals surface area contributed by atoms with E-state index in [4.69, 9.17) is 0 Å². The summed E-state index contributed by atoms with van der Waals surface area (Å²) in [5, 5.41) is 12.4. The molecule has 0 bridgehead atoms. The SMILES string of the molecule is CCCC(C)CNC(=O)Cc1ccc(O)c(C)c1. The van der Waals surface area contributed by atoms with Gasteiger partial charge in [0.1, 0.15) is 5.75 Å². The smallest absolute Gasteiger partial charge is 0.224 e. The van der Waals surface area contributed by atoms with Crippen LogP contribution in [-0.4, -0.2) is 17.6 Å². The summed E-state index contributed by atoms with van der Waals surface area (Å²) in [6.45, 7) is 6.87. The summed E-state index contributed by atoms with van der Waals surface area (Å²) < 4.78 is 0. The maximum absolute atomic E-state index is 11.7. The van der Waals surface area contributed by atoms with Gasteiger partial charge >= 0.3 is 0 Å². The summed E-state index contributed by atoms with van der Waals surface area (Å²) in [5.41, 5.74) is 1.74. The van der Waals surface area contributed by atoms with Crippen molar-refractivity contribution in [2.45, 2.75) is 40.0 Å². The molecule has 0 radical (unpaired) electrons. The first-order chi connectivity index (χ1) is 8.52. The number of aromatic hydroxyl groups is 1. The number of benzene rings is 1. The predicted octanol–water partition coefficient (Wildman–Crippen LogP) is 2.80. The van der Waals surface area contributed by atoms with Crippen molar-refractivity contribution in [3.63, 3.8) is 0 Å². The maximum atomic E-state index is 11.7. The molecule has 3 heteroatoms. The largest absolute Gasteiger partial charge is 0.508 e. The van der Waals surface area contributed by atoms with Crippen molar-refractivity contribution >= 4 is 5.91 Å². The molecule has 1 rings (SSSR count). The normalized spacial score (nSPS) is 12.2. The molecule has 3 nitrogen and oxygen atoms in total. The lowest BCUT2D eigenvalue weighted by Crippen LogP contribution is -2.29. The maximum Gasteiger partial charge on any atom is 0.224 e. The number of hydrogen-bond acceptors (Lipinski definition) is 2. The summed E-state index contributed by atoms with van der Waals surface area (Å²) >= 11 is 0. The third kappa shape index (κ3) is 4.78. The molecule has 2 N–H and O–H groups in total. The molecule has 0 aliphatic rings. The highest BCUT2D eigenvalue weighted by Crippen LogP contribution is 2.17. The lowest BCUT2D eigenvalue weighted by Gasteiger charge is -2.11. The molecule has 0 aromatic heterocycles. The summed E-state index contributed by atoms with van der Waals surface area (Å²) in [7, 11) is 0. The van der Waals surface area contributed by atoms with Gasteiger partial charge in [0.05, 0.1) is 6.42 Å². The zero-order valence-electron chi connectivity index (χ0n) is 11.5. The predicted molar refractivity (Wildman–Crippen MR) is 73.6 cm³/mol. The second-order valence-electron chi connectivity index (χ2n) is 5.00. The summed E-state index contributed by atoms with van der Waals surface area (Å²) in [6.07, 6.45) is 2.66. The lowest BCUT2D eigenvalue weighted by atomic mass is 10.1. The van der Waals surface area contributed by atoms with Gasteiger partial charge in [-0.1, -0.05) is 32.4 Å². The van der Waals surface area contributed by atoms with Gasteiger partial charge in [0, 0.05) is 6.54 Å². The zero-order valence-corrected chi connectivity index (χ0v) is 11.5. The van der Waals surface area contributed by atoms with Crippen LogP contribution in [-0.2, 0) is 11.2 Å². The van der Waals surface area contributed by atoms with Gasteiger partial charge in [0.15, 0.2) is 0 Å². The Bertz CT molecular complexity index is 401. The standard InChI is InChI=1S/C15H23NO2/c1-4-5-11(2)10-16-15(18)9-13-6-7-14(17)12(3)8-13/h6-8,11,17H,4-5,9-10H2,1-3H3,(H,16,18). The second kappa shape index (κ2) is 7.04. The fraction of sp³-hybridized carbons (Fsp3) is 0.533. The van der Waals surface area contributed by atoms with E-state index in [1.807, 2.05) is 13.0 Å². The molecule has 1 aromatic rings. The van der Waals surface area contributed by atoms with Gasteiger partial charge in [-0.3, -0.25) is 4.79 Å². The first-order valence-corrected chi connectivity index (χ1v) is 6.58. The van der Waals surface area contributed by atoms with Crippen LogP contribution in [0.25, 0.3) is 0 Å². The molecule has 0 fully saturated rings. The Morgan fingerprint density at radius 2 is 2.17 bits per heavy atom. The molecule has 0 aliphatic carbocycles. The summed E-state index contributed by atoms with van der Waals surface area (Å²) in [5.74, 6) is 0.847. The van der Waals surface area contributed by atoms with Crippen LogP contribution in [0.5, 0.6) is 5.75 Å². The van der Waals surface area contributed by atoms with Gasteiger partial charge in [-0.2, -0.15) is 0 Å². The number of phenols is 1. The van der Waals surface area contributed by atoms with Crippen molar-refractivity contribution in [3.8, 4) is 5.75 Å². The Hall–Kier alpha value is -1.51. The molecule has 0 saturated carbocycles. The highest BCUT2D eigenvalue weighted by molar-refractivity contribution is 5.78. The van der Waals surface area contributed by atoms with Crippen molar-refractivity contribution in [3.05, 3.63) is 29.3 Å². The van der Waals surface area contributed by atoms with Gasteiger partial charge in [0.25, 0.3) is 0 Å². The van der Waals surface area contributed by atoms with E-state index in [0.717, 1.165) is 30.5 Å². The highest BCUT2D eigenvalue weighted by Gasteiger charge is 2.07. The number of rotatable bonds is 6. The Labute approximate surface area is 109 Å². The van der Waals surface area contributed by atoms with Crippen molar-refractivity contribution in [1.29, 1.82) is 0 Å². The van der Waals surface area contributed by atoms with Crippen LogP contribution >= 0.6 is 0 Å². The topological polar surface area (TPSA) is 49.3 Å². The van der Waals surface area contributed by atoms with Crippen molar-refractivity contribution in [2.24, 2.45) is 5.92 Å². The van der Waals surface area contributed by atoms with Crippen LogP contribution in [0.4, 0.5) is 0 Å². The monoisotopic (exact) mass is 249 g/mol. The number of phenolic OH excluding ortho intramolecular Hbond substituents is 1. The van der Waals surface area contributed by atoms with E-state index in [2.05, 4.69) is 19.2 Å². The van der Waals surface area contributed by atoms with Crippen molar-refractivity contribution < 1.29 is 9.90 Å². The van der Waals surface area contributed by atoms with Gasteiger partial charge < -0.3 is 10.4 Å². The van der Waals surface area contributed by atoms with Crippen LogP contribution in [0.2, 0.25) is 0 Å². The van der Waals surface area contributed by atoms with Crippen LogP contribution < -0.4 is 5.32 Å². The van der Waals surface area contributed by atoms with Gasteiger partial charge in [-0.15, -0.1) is 0 Å². The minimum Gasteiger partial charge on any atom is -0.508 e. The second-order valence-corrected chi connectivity index (χ2v) is 5.00. The number of aryl methyl sites for hydroxylation is 1. The lowest BCUT2D eigenvalue weighted by molar-refractivity contribution is -0.120. The highest BCUT2D eigenvalue weighted by atomic mass is 16.3. The first kappa shape index (κ1) is 14.6. The zero-order chi connectivity index (χ0) is 13.5. The van der Waals surface area contributed by atoms with Crippen molar-refractivity contribution in [2.75, 3.05) is 6.54 Å². The molecule has 0 heterocycles. The first-order valence-electron chi connectivity index (χ1n) is 6.58. The van der Waals surface area contributed by atoms with Crippen LogP contribution in [0.3, 0.4) is 0 Å². The minimum absolute atomic E-state index is 0.0445.